The van der Waals surface area contributed by atoms with Crippen LogP contribution in [0.2, 0.25) is 0 Å². The summed E-state index contributed by atoms with van der Waals surface area (Å²) in [5.74, 6) is 0.619. The van der Waals surface area contributed by atoms with Gasteiger partial charge in [0, 0.05) is 32.5 Å². The summed E-state index contributed by atoms with van der Waals surface area (Å²) in [6.45, 7) is 9.85. The van der Waals surface area contributed by atoms with Gasteiger partial charge in [-0.25, -0.2) is 4.98 Å². The number of primary amides is 1. The molecule has 0 spiro atoms. The normalized spacial score (nSPS) is 11.9. The van der Waals surface area contributed by atoms with E-state index >= 15 is 0 Å². The number of hydrogen-bond acceptors (Lipinski definition) is 5. The first kappa shape index (κ1) is 25.4. The predicted octanol–water partition coefficient (Wildman–Crippen LogP) is 4.61. The second kappa shape index (κ2) is 9.73. The first-order valence-electron chi connectivity index (χ1n) is 11.4. The number of fused-ring (bicyclic) bond motifs is 1. The van der Waals surface area contributed by atoms with E-state index < -0.39 is 11.3 Å². The van der Waals surface area contributed by atoms with Crippen molar-refractivity contribution in [3.05, 3.63) is 86.1 Å². The Morgan fingerprint density at radius 1 is 1.14 bits per heavy atom. The zero-order chi connectivity index (χ0) is 26.2. The molecule has 0 fully saturated rings. The van der Waals surface area contributed by atoms with E-state index in [0.717, 1.165) is 27.1 Å². The van der Waals surface area contributed by atoms with Gasteiger partial charge in [-0.15, -0.1) is 0 Å². The largest absolute Gasteiger partial charge is 0.484 e. The number of nitrogens with zero attached hydrogens (tertiary/aromatic N) is 4. The molecule has 8 nitrogen and oxygen atoms in total. The fourth-order valence-electron chi connectivity index (χ4n) is 4.02. The summed E-state index contributed by atoms with van der Waals surface area (Å²) in [4.78, 5) is 29.1. The fraction of sp³-hybridized carbons (Fsp3) is 0.259. The maximum absolute atomic E-state index is 13.4. The minimum absolute atomic E-state index is 0.169. The van der Waals surface area contributed by atoms with Crippen molar-refractivity contribution in [2.24, 2.45) is 10.8 Å². The summed E-state index contributed by atoms with van der Waals surface area (Å²) in [6.07, 6.45) is 1.70. The van der Waals surface area contributed by atoms with E-state index in [9.17, 15) is 9.59 Å². The number of hydrogen-bond donors (Lipinski definition) is 1. The Hall–Kier alpha value is -3.72. The number of ether oxygens (including phenoxy) is 1. The average Bonchev–Trinajstić information content (AvgIpc) is 3.09. The Morgan fingerprint density at radius 3 is 2.47 bits per heavy atom. The molecule has 0 aliphatic rings. The van der Waals surface area contributed by atoms with Crippen LogP contribution in [0, 0.1) is 13.8 Å². The Labute approximate surface area is 217 Å². The van der Waals surface area contributed by atoms with Crippen molar-refractivity contribution >= 4 is 39.0 Å². The molecule has 0 saturated heterocycles. The van der Waals surface area contributed by atoms with Gasteiger partial charge in [0.05, 0.1) is 17.1 Å². The highest BCUT2D eigenvalue weighted by Crippen LogP contribution is 2.24. The molecule has 0 aliphatic carbocycles. The van der Waals surface area contributed by atoms with Crippen LogP contribution >= 0.6 is 15.9 Å². The lowest BCUT2D eigenvalue weighted by molar-refractivity contribution is -0.119. The fourth-order valence-corrected chi connectivity index (χ4v) is 4.38. The lowest BCUT2D eigenvalue weighted by Crippen LogP contribution is -2.29. The molecule has 2 heterocycles. The molecule has 0 unspecified atom stereocenters. The summed E-state index contributed by atoms with van der Waals surface area (Å²) in [5.41, 5.74) is 8.94. The predicted molar refractivity (Wildman–Crippen MR) is 145 cm³/mol. The molecule has 0 atom stereocenters. The summed E-state index contributed by atoms with van der Waals surface area (Å²) < 4.78 is 9.64. The highest BCUT2D eigenvalue weighted by atomic mass is 79.9. The van der Waals surface area contributed by atoms with Crippen molar-refractivity contribution in [1.82, 2.24) is 14.2 Å². The number of carbonyl (C=O) groups excluding carboxylic acids is 1. The van der Waals surface area contributed by atoms with Gasteiger partial charge in [-0.1, -0.05) is 36.7 Å². The Morgan fingerprint density at radius 2 is 1.83 bits per heavy atom. The second-order valence-electron chi connectivity index (χ2n) is 9.62. The van der Waals surface area contributed by atoms with Gasteiger partial charge in [-0.2, -0.15) is 9.78 Å². The van der Waals surface area contributed by atoms with Crippen LogP contribution in [0.3, 0.4) is 0 Å². The Kier molecular flexibility index (Phi) is 6.86. The van der Waals surface area contributed by atoms with Crippen molar-refractivity contribution < 1.29 is 9.53 Å². The number of halogens is 1. The minimum atomic E-state index is -0.525. The number of amides is 1. The van der Waals surface area contributed by atoms with Crippen LogP contribution in [0.5, 0.6) is 5.75 Å². The number of rotatable bonds is 6. The van der Waals surface area contributed by atoms with Crippen LogP contribution in [0.25, 0.3) is 16.6 Å². The van der Waals surface area contributed by atoms with Crippen LogP contribution < -0.4 is 16.0 Å². The van der Waals surface area contributed by atoms with Crippen LogP contribution in [-0.2, 0) is 10.2 Å². The maximum Gasteiger partial charge on any atom is 0.282 e. The summed E-state index contributed by atoms with van der Waals surface area (Å²) in [5, 5.41) is 5.11. The van der Waals surface area contributed by atoms with E-state index in [-0.39, 0.29) is 12.2 Å². The van der Waals surface area contributed by atoms with Crippen LogP contribution in [-0.4, -0.2) is 33.0 Å². The van der Waals surface area contributed by atoms with Gasteiger partial charge < -0.3 is 15.0 Å². The number of benzene rings is 2. The van der Waals surface area contributed by atoms with Gasteiger partial charge in [-0.05, 0) is 62.4 Å². The third-order valence-corrected chi connectivity index (χ3v) is 6.23. The van der Waals surface area contributed by atoms with E-state index in [1.807, 2.05) is 65.0 Å². The van der Waals surface area contributed by atoms with Crippen LogP contribution in [0.15, 0.2) is 62.9 Å². The van der Waals surface area contributed by atoms with Crippen molar-refractivity contribution in [1.29, 1.82) is 0 Å². The molecule has 4 aromatic rings. The van der Waals surface area contributed by atoms with Gasteiger partial charge in [0.25, 0.3) is 11.5 Å². The van der Waals surface area contributed by atoms with E-state index in [0.29, 0.717) is 22.5 Å². The molecule has 2 N–H and O–H groups in total. The Balaban J connectivity index is 1.74. The second-order valence-corrected chi connectivity index (χ2v) is 10.5. The maximum atomic E-state index is 13.4. The molecule has 4 rings (SSSR count). The van der Waals surface area contributed by atoms with Crippen molar-refractivity contribution in [2.45, 2.75) is 40.0 Å². The van der Waals surface area contributed by atoms with Crippen LogP contribution in [0.1, 0.15) is 43.5 Å². The number of carbonyl (C=O) groups is 1. The molecular formula is C27H28BrN5O3. The third-order valence-electron chi connectivity index (χ3n) is 5.74. The van der Waals surface area contributed by atoms with E-state index in [4.69, 9.17) is 15.5 Å². The number of aromatic nitrogens is 3. The van der Waals surface area contributed by atoms with Crippen molar-refractivity contribution in [3.8, 4) is 11.4 Å². The minimum Gasteiger partial charge on any atom is -0.484 e. The molecule has 0 saturated carbocycles. The molecular weight excluding hydrogens is 522 g/mol. The standard InChI is InChI=1S/C27H28BrN5O3/c1-16-12-18(17(2)32(16)20-7-9-21(10-8-20)36-15-24(29)34)14-30-33-25(35)22-13-19(28)6-11-23(22)31-26(33)27(3,4)5/h6-14H,15H2,1-5H3,(H2,29,34). The molecule has 0 bridgehead atoms. The molecule has 1 amide bonds. The van der Waals surface area contributed by atoms with Gasteiger partial charge >= 0.3 is 0 Å². The molecule has 2 aromatic heterocycles. The summed E-state index contributed by atoms with van der Waals surface area (Å²) >= 11 is 3.44. The average molecular weight is 550 g/mol. The van der Waals surface area contributed by atoms with Crippen LogP contribution in [0.4, 0.5) is 0 Å². The SMILES string of the molecule is Cc1cc(C=Nn2c(C(C)(C)C)nc3ccc(Br)cc3c2=O)c(C)n1-c1ccc(OCC(N)=O)cc1. The van der Waals surface area contributed by atoms with E-state index in [1.165, 1.54) is 4.68 Å². The quantitative estimate of drug-likeness (QED) is 0.354. The third kappa shape index (κ3) is 5.11. The Bertz CT molecular complexity index is 1540. The molecule has 2 aromatic carbocycles. The highest BCUT2D eigenvalue weighted by molar-refractivity contribution is 9.10. The molecule has 186 valence electrons. The van der Waals surface area contributed by atoms with Gasteiger partial charge in [0.1, 0.15) is 11.6 Å². The molecule has 9 heteroatoms. The van der Waals surface area contributed by atoms with E-state index in [1.54, 1.807) is 24.4 Å². The first-order chi connectivity index (χ1) is 17.0. The number of aryl methyl sites for hydroxylation is 1. The zero-order valence-electron chi connectivity index (χ0n) is 20.9. The zero-order valence-corrected chi connectivity index (χ0v) is 22.5. The number of nitrogens with two attached hydrogens (primary N) is 1. The summed E-state index contributed by atoms with van der Waals surface area (Å²) in [6, 6.07) is 14.9. The lowest BCUT2D eigenvalue weighted by atomic mass is 9.95. The van der Waals surface area contributed by atoms with Crippen molar-refractivity contribution in [3.63, 3.8) is 0 Å². The smallest absolute Gasteiger partial charge is 0.282 e. The lowest BCUT2D eigenvalue weighted by Gasteiger charge is -2.20. The molecule has 0 radical (unpaired) electrons. The highest BCUT2D eigenvalue weighted by Gasteiger charge is 2.23. The molecule has 36 heavy (non-hydrogen) atoms. The van der Waals surface area contributed by atoms with Gasteiger partial charge in [-0.3, -0.25) is 9.59 Å². The van der Waals surface area contributed by atoms with Gasteiger partial charge in [0.15, 0.2) is 6.61 Å². The van der Waals surface area contributed by atoms with Crippen molar-refractivity contribution in [2.75, 3.05) is 6.61 Å². The monoisotopic (exact) mass is 549 g/mol. The van der Waals surface area contributed by atoms with E-state index in [2.05, 4.69) is 25.6 Å². The first-order valence-corrected chi connectivity index (χ1v) is 12.2. The summed E-state index contributed by atoms with van der Waals surface area (Å²) in [7, 11) is 0. The molecule has 0 aliphatic heterocycles. The topological polar surface area (TPSA) is 104 Å². The van der Waals surface area contributed by atoms with Gasteiger partial charge in [0.2, 0.25) is 0 Å².